The van der Waals surface area contributed by atoms with Crippen LogP contribution < -0.4 is 5.32 Å². The zero-order valence-electron chi connectivity index (χ0n) is 14.1. The standard InChI is InChI=1S/C18H29N3O2/c1-21-13-14(12-19-21)11-16(22)17(23)20-15-5-9-18(10-6-15)7-3-2-4-8-18/h12-13,15-16,22H,2-11H2,1H3,(H,20,23). The summed E-state index contributed by atoms with van der Waals surface area (Å²) in [6.07, 6.45) is 14.4. The smallest absolute Gasteiger partial charge is 0.249 e. The molecule has 128 valence electrons. The molecule has 1 amide bonds. The largest absolute Gasteiger partial charge is 0.383 e. The van der Waals surface area contributed by atoms with E-state index in [9.17, 15) is 9.90 Å². The summed E-state index contributed by atoms with van der Waals surface area (Å²) in [5, 5.41) is 17.2. The van der Waals surface area contributed by atoms with E-state index in [1.807, 2.05) is 13.2 Å². The third-order valence-electron chi connectivity index (χ3n) is 5.80. The fraction of sp³-hybridized carbons (Fsp3) is 0.778. The van der Waals surface area contributed by atoms with Gasteiger partial charge in [0.15, 0.2) is 0 Å². The van der Waals surface area contributed by atoms with Crippen molar-refractivity contribution in [2.45, 2.75) is 76.4 Å². The average molecular weight is 319 g/mol. The number of aromatic nitrogens is 2. The van der Waals surface area contributed by atoms with Crippen LogP contribution in [-0.4, -0.2) is 32.9 Å². The van der Waals surface area contributed by atoms with Gasteiger partial charge in [-0.1, -0.05) is 19.3 Å². The van der Waals surface area contributed by atoms with Gasteiger partial charge in [-0.05, 0) is 49.5 Å². The van der Waals surface area contributed by atoms with Gasteiger partial charge in [-0.15, -0.1) is 0 Å². The lowest BCUT2D eigenvalue weighted by Gasteiger charge is -2.43. The molecule has 1 unspecified atom stereocenters. The van der Waals surface area contributed by atoms with Crippen LogP contribution >= 0.6 is 0 Å². The number of aryl methyl sites for hydroxylation is 1. The Morgan fingerprint density at radius 2 is 2.04 bits per heavy atom. The van der Waals surface area contributed by atoms with Gasteiger partial charge in [-0.2, -0.15) is 5.10 Å². The van der Waals surface area contributed by atoms with Crippen LogP contribution in [0.15, 0.2) is 12.4 Å². The molecule has 3 rings (SSSR count). The molecule has 0 aliphatic heterocycles. The highest BCUT2D eigenvalue weighted by Crippen LogP contribution is 2.47. The quantitative estimate of drug-likeness (QED) is 0.895. The van der Waals surface area contributed by atoms with Crippen molar-refractivity contribution in [1.82, 2.24) is 15.1 Å². The van der Waals surface area contributed by atoms with Gasteiger partial charge in [0, 0.05) is 25.7 Å². The van der Waals surface area contributed by atoms with Crippen molar-refractivity contribution in [3.63, 3.8) is 0 Å². The van der Waals surface area contributed by atoms with Gasteiger partial charge in [0.1, 0.15) is 6.10 Å². The zero-order valence-corrected chi connectivity index (χ0v) is 14.1. The van der Waals surface area contributed by atoms with E-state index in [4.69, 9.17) is 0 Å². The minimum Gasteiger partial charge on any atom is -0.383 e. The maximum atomic E-state index is 12.2. The van der Waals surface area contributed by atoms with Crippen LogP contribution in [0.4, 0.5) is 0 Å². The number of aliphatic hydroxyl groups excluding tert-OH is 1. The van der Waals surface area contributed by atoms with Gasteiger partial charge in [0.2, 0.25) is 5.91 Å². The van der Waals surface area contributed by atoms with Crippen molar-refractivity contribution in [3.8, 4) is 0 Å². The lowest BCUT2D eigenvalue weighted by Crippen LogP contribution is -2.45. The van der Waals surface area contributed by atoms with Crippen LogP contribution in [0.2, 0.25) is 0 Å². The Hall–Kier alpha value is -1.36. The first-order valence-corrected chi connectivity index (χ1v) is 9.02. The van der Waals surface area contributed by atoms with E-state index in [1.165, 1.54) is 44.9 Å². The molecule has 1 aromatic heterocycles. The van der Waals surface area contributed by atoms with Crippen molar-refractivity contribution in [3.05, 3.63) is 18.0 Å². The molecule has 1 atom stereocenters. The molecule has 5 heteroatoms. The SMILES string of the molecule is Cn1cc(CC(O)C(=O)NC2CCC3(CCCCC3)CC2)cn1. The minimum absolute atomic E-state index is 0.235. The Bertz CT molecular complexity index is 524. The second-order valence-corrected chi connectivity index (χ2v) is 7.59. The number of amides is 1. The maximum absolute atomic E-state index is 12.2. The number of nitrogens with zero attached hydrogens (tertiary/aromatic N) is 2. The van der Waals surface area contributed by atoms with Gasteiger partial charge < -0.3 is 10.4 Å². The number of carbonyl (C=O) groups excluding carboxylic acids is 1. The molecule has 2 aliphatic carbocycles. The molecule has 0 bridgehead atoms. The normalized spacial score (nSPS) is 22.9. The highest BCUT2D eigenvalue weighted by molar-refractivity contribution is 5.81. The summed E-state index contributed by atoms with van der Waals surface area (Å²) in [5.74, 6) is -0.238. The Balaban J connectivity index is 1.45. The summed E-state index contributed by atoms with van der Waals surface area (Å²) in [6.45, 7) is 0. The molecular formula is C18H29N3O2. The molecule has 1 spiro atoms. The molecule has 0 saturated heterocycles. The lowest BCUT2D eigenvalue weighted by atomic mass is 9.64. The van der Waals surface area contributed by atoms with Gasteiger partial charge in [-0.3, -0.25) is 9.48 Å². The van der Waals surface area contributed by atoms with Crippen LogP contribution in [0.3, 0.4) is 0 Å². The fourth-order valence-electron chi connectivity index (χ4n) is 4.37. The summed E-state index contributed by atoms with van der Waals surface area (Å²) in [4.78, 5) is 12.2. The maximum Gasteiger partial charge on any atom is 0.249 e. The molecule has 1 aromatic rings. The van der Waals surface area contributed by atoms with E-state index in [0.29, 0.717) is 11.8 Å². The Morgan fingerprint density at radius 1 is 1.35 bits per heavy atom. The summed E-state index contributed by atoms with van der Waals surface area (Å²) in [7, 11) is 1.83. The molecular weight excluding hydrogens is 290 g/mol. The number of carbonyl (C=O) groups is 1. The number of aliphatic hydroxyl groups is 1. The average Bonchev–Trinajstić information content (AvgIpc) is 2.95. The minimum atomic E-state index is -0.982. The van der Waals surface area contributed by atoms with Gasteiger partial charge in [-0.25, -0.2) is 0 Å². The van der Waals surface area contributed by atoms with E-state index in [0.717, 1.165) is 18.4 Å². The molecule has 2 N–H and O–H groups in total. The summed E-state index contributed by atoms with van der Waals surface area (Å²) in [6, 6.07) is 0.235. The van der Waals surface area contributed by atoms with Crippen LogP contribution in [0.1, 0.15) is 63.4 Å². The van der Waals surface area contributed by atoms with E-state index in [1.54, 1.807) is 10.9 Å². The molecule has 2 saturated carbocycles. The monoisotopic (exact) mass is 319 g/mol. The van der Waals surface area contributed by atoms with Crippen LogP contribution in [0, 0.1) is 5.41 Å². The van der Waals surface area contributed by atoms with Crippen LogP contribution in [0.25, 0.3) is 0 Å². The van der Waals surface area contributed by atoms with Gasteiger partial charge in [0.25, 0.3) is 0 Å². The first-order chi connectivity index (χ1) is 11.1. The Morgan fingerprint density at radius 3 is 2.65 bits per heavy atom. The molecule has 2 fully saturated rings. The predicted octanol–water partition coefficient (Wildman–Crippen LogP) is 2.33. The predicted molar refractivity (Wildman–Crippen MR) is 88.8 cm³/mol. The Kier molecular flexibility index (Phi) is 5.05. The highest BCUT2D eigenvalue weighted by atomic mass is 16.3. The summed E-state index contributed by atoms with van der Waals surface area (Å²) < 4.78 is 1.69. The van der Waals surface area contributed by atoms with E-state index >= 15 is 0 Å². The van der Waals surface area contributed by atoms with Crippen molar-refractivity contribution >= 4 is 5.91 Å². The van der Waals surface area contributed by atoms with E-state index in [-0.39, 0.29) is 11.9 Å². The van der Waals surface area contributed by atoms with Crippen LogP contribution in [-0.2, 0) is 18.3 Å². The molecule has 1 heterocycles. The van der Waals surface area contributed by atoms with Gasteiger partial charge >= 0.3 is 0 Å². The number of rotatable bonds is 4. The highest BCUT2D eigenvalue weighted by Gasteiger charge is 2.36. The molecule has 0 radical (unpaired) electrons. The van der Waals surface area contributed by atoms with Crippen molar-refractivity contribution < 1.29 is 9.90 Å². The molecule has 0 aromatic carbocycles. The number of hydrogen-bond donors (Lipinski definition) is 2. The third-order valence-corrected chi connectivity index (χ3v) is 5.80. The van der Waals surface area contributed by atoms with Crippen molar-refractivity contribution in [1.29, 1.82) is 0 Å². The topological polar surface area (TPSA) is 67.2 Å². The third kappa shape index (κ3) is 4.14. The molecule has 2 aliphatic rings. The van der Waals surface area contributed by atoms with E-state index < -0.39 is 6.10 Å². The van der Waals surface area contributed by atoms with Crippen molar-refractivity contribution in [2.75, 3.05) is 0 Å². The molecule has 5 nitrogen and oxygen atoms in total. The first-order valence-electron chi connectivity index (χ1n) is 9.02. The second-order valence-electron chi connectivity index (χ2n) is 7.59. The van der Waals surface area contributed by atoms with Gasteiger partial charge in [0.05, 0.1) is 6.20 Å². The summed E-state index contributed by atoms with van der Waals surface area (Å²) >= 11 is 0. The second kappa shape index (κ2) is 7.04. The summed E-state index contributed by atoms with van der Waals surface area (Å²) in [5.41, 5.74) is 1.45. The zero-order chi connectivity index (χ0) is 16.3. The Labute approximate surface area is 138 Å². The number of hydrogen-bond acceptors (Lipinski definition) is 3. The van der Waals surface area contributed by atoms with E-state index in [2.05, 4.69) is 10.4 Å². The van der Waals surface area contributed by atoms with Crippen LogP contribution in [0.5, 0.6) is 0 Å². The fourth-order valence-corrected chi connectivity index (χ4v) is 4.37. The number of nitrogens with one attached hydrogen (secondary N) is 1. The first kappa shape index (κ1) is 16.5. The molecule has 23 heavy (non-hydrogen) atoms. The van der Waals surface area contributed by atoms with Crippen molar-refractivity contribution in [2.24, 2.45) is 12.5 Å². The lowest BCUT2D eigenvalue weighted by molar-refractivity contribution is -0.130.